The summed E-state index contributed by atoms with van der Waals surface area (Å²) in [5.41, 5.74) is 7.64. The number of amides is 3. The quantitative estimate of drug-likeness (QED) is 0.698. The molecule has 5 rings (SSSR count). The van der Waals surface area contributed by atoms with E-state index in [0.717, 1.165) is 28.9 Å². The summed E-state index contributed by atoms with van der Waals surface area (Å²) in [6.07, 6.45) is 8.21. The molecule has 4 bridgehead atoms. The molecule has 4 N–H and O–H groups in total. The van der Waals surface area contributed by atoms with Crippen molar-refractivity contribution in [1.29, 1.82) is 0 Å². The summed E-state index contributed by atoms with van der Waals surface area (Å²) < 4.78 is 0. The van der Waals surface area contributed by atoms with E-state index in [1.165, 1.54) is 38.5 Å². The summed E-state index contributed by atoms with van der Waals surface area (Å²) >= 11 is 0. The van der Waals surface area contributed by atoms with Gasteiger partial charge in [-0.2, -0.15) is 0 Å². The molecule has 0 spiro atoms. The molecular formula is C23H33N3O2. The number of primary amides is 1. The molecule has 4 aliphatic rings. The van der Waals surface area contributed by atoms with E-state index < -0.39 is 12.1 Å². The maximum Gasteiger partial charge on any atom is 0.312 e. The van der Waals surface area contributed by atoms with Gasteiger partial charge in [0, 0.05) is 6.04 Å². The lowest BCUT2D eigenvalue weighted by Crippen LogP contribution is -2.56. The number of carbonyl (C=O) groups excluding carboxylic acids is 2. The van der Waals surface area contributed by atoms with Crippen molar-refractivity contribution in [2.75, 3.05) is 0 Å². The Hall–Kier alpha value is -2.04. The van der Waals surface area contributed by atoms with Gasteiger partial charge in [-0.3, -0.25) is 4.79 Å². The summed E-state index contributed by atoms with van der Waals surface area (Å²) in [5, 5.41) is 6.05. The topological polar surface area (TPSA) is 84.2 Å². The minimum absolute atomic E-state index is 0.00903. The molecule has 0 heterocycles. The van der Waals surface area contributed by atoms with Gasteiger partial charge in [0.1, 0.15) is 0 Å². The highest BCUT2D eigenvalue weighted by atomic mass is 16.2. The second-order valence-corrected chi connectivity index (χ2v) is 9.69. The largest absolute Gasteiger partial charge is 0.353 e. The summed E-state index contributed by atoms with van der Waals surface area (Å²) in [4.78, 5) is 24.4. The van der Waals surface area contributed by atoms with E-state index in [0.29, 0.717) is 0 Å². The molecule has 152 valence electrons. The van der Waals surface area contributed by atoms with Crippen molar-refractivity contribution in [3.63, 3.8) is 0 Å². The van der Waals surface area contributed by atoms with Gasteiger partial charge in [0.15, 0.2) is 0 Å². The SMILES string of the molecule is Cc1ccccc1C(CC(=O)NC(C)C12CC3CC(CC(C3)C1)C2)NC(N)=O. The molecule has 5 heteroatoms. The molecule has 28 heavy (non-hydrogen) atoms. The van der Waals surface area contributed by atoms with Crippen molar-refractivity contribution in [1.82, 2.24) is 10.6 Å². The standard InChI is InChI=1S/C23H33N3O2/c1-14-5-3-4-6-19(14)20(26-22(24)28)10-21(27)25-15(2)23-11-16-7-17(12-23)9-18(8-16)13-23/h3-6,15-18,20H,7-13H2,1-2H3,(H,25,27)(H3,24,26,28). The first-order valence-electron chi connectivity index (χ1n) is 10.8. The van der Waals surface area contributed by atoms with Crippen LogP contribution >= 0.6 is 0 Å². The highest BCUT2D eigenvalue weighted by Gasteiger charge is 2.53. The monoisotopic (exact) mass is 383 g/mol. The Kier molecular flexibility index (Phi) is 5.11. The molecule has 4 saturated carbocycles. The Bertz CT molecular complexity index is 725. The Labute approximate surface area is 167 Å². The van der Waals surface area contributed by atoms with Crippen molar-refractivity contribution in [3.05, 3.63) is 35.4 Å². The Morgan fingerprint density at radius 3 is 2.18 bits per heavy atom. The van der Waals surface area contributed by atoms with E-state index in [9.17, 15) is 9.59 Å². The smallest absolute Gasteiger partial charge is 0.312 e. The molecule has 5 nitrogen and oxygen atoms in total. The second kappa shape index (κ2) is 7.41. The van der Waals surface area contributed by atoms with E-state index in [1.54, 1.807) is 0 Å². The third-order valence-electron chi connectivity index (χ3n) is 7.65. The number of hydrogen-bond acceptors (Lipinski definition) is 2. The molecule has 0 aromatic heterocycles. The average molecular weight is 384 g/mol. The number of hydrogen-bond donors (Lipinski definition) is 3. The highest BCUT2D eigenvalue weighted by Crippen LogP contribution is 2.61. The minimum atomic E-state index is -0.602. The molecule has 4 fully saturated rings. The van der Waals surface area contributed by atoms with Crippen LogP contribution in [0.2, 0.25) is 0 Å². The van der Waals surface area contributed by atoms with Crippen LogP contribution in [-0.4, -0.2) is 18.0 Å². The van der Waals surface area contributed by atoms with Gasteiger partial charge < -0.3 is 16.4 Å². The van der Waals surface area contributed by atoms with Gasteiger partial charge in [0.05, 0.1) is 12.5 Å². The predicted molar refractivity (Wildman–Crippen MR) is 109 cm³/mol. The van der Waals surface area contributed by atoms with Gasteiger partial charge in [-0.15, -0.1) is 0 Å². The zero-order chi connectivity index (χ0) is 19.9. The van der Waals surface area contributed by atoms with Crippen LogP contribution in [-0.2, 0) is 4.79 Å². The van der Waals surface area contributed by atoms with Crippen molar-refractivity contribution in [3.8, 4) is 0 Å². The molecule has 1 aromatic rings. The molecule has 2 unspecified atom stereocenters. The Morgan fingerprint density at radius 1 is 1.07 bits per heavy atom. The van der Waals surface area contributed by atoms with Crippen LogP contribution in [0.5, 0.6) is 0 Å². The van der Waals surface area contributed by atoms with Crippen LogP contribution in [0.4, 0.5) is 4.79 Å². The highest BCUT2D eigenvalue weighted by molar-refractivity contribution is 5.79. The first-order valence-corrected chi connectivity index (χ1v) is 10.8. The molecule has 0 saturated heterocycles. The fourth-order valence-electron chi connectivity index (χ4n) is 6.74. The van der Waals surface area contributed by atoms with Crippen molar-refractivity contribution >= 4 is 11.9 Å². The number of benzene rings is 1. The third kappa shape index (κ3) is 3.76. The molecular weight excluding hydrogens is 350 g/mol. The van der Waals surface area contributed by atoms with Gasteiger partial charge in [-0.05, 0) is 86.7 Å². The molecule has 1 aromatic carbocycles. The first-order chi connectivity index (χ1) is 13.3. The van der Waals surface area contributed by atoms with Crippen molar-refractivity contribution in [2.24, 2.45) is 28.9 Å². The summed E-state index contributed by atoms with van der Waals surface area (Å²) in [5.74, 6) is 2.58. The zero-order valence-electron chi connectivity index (χ0n) is 17.0. The van der Waals surface area contributed by atoms with Crippen LogP contribution in [0.1, 0.15) is 69.0 Å². The lowest BCUT2D eigenvalue weighted by atomic mass is 9.48. The molecule has 3 amide bonds. The number of aryl methyl sites for hydroxylation is 1. The average Bonchev–Trinajstić information content (AvgIpc) is 2.60. The van der Waals surface area contributed by atoms with Gasteiger partial charge >= 0.3 is 6.03 Å². The van der Waals surface area contributed by atoms with E-state index in [1.807, 2.05) is 31.2 Å². The van der Waals surface area contributed by atoms with Gasteiger partial charge in [-0.1, -0.05) is 24.3 Å². The van der Waals surface area contributed by atoms with E-state index in [-0.39, 0.29) is 23.8 Å². The minimum Gasteiger partial charge on any atom is -0.353 e. The Morgan fingerprint density at radius 2 is 1.64 bits per heavy atom. The molecule has 0 aliphatic heterocycles. The molecule has 0 radical (unpaired) electrons. The number of rotatable bonds is 6. The summed E-state index contributed by atoms with van der Waals surface area (Å²) in [6, 6.07) is 6.99. The molecule has 2 atom stereocenters. The van der Waals surface area contributed by atoms with E-state index in [2.05, 4.69) is 17.6 Å². The number of carbonyl (C=O) groups is 2. The predicted octanol–water partition coefficient (Wildman–Crippen LogP) is 3.82. The van der Waals surface area contributed by atoms with Crippen molar-refractivity contribution in [2.45, 2.75) is 70.9 Å². The van der Waals surface area contributed by atoms with Gasteiger partial charge in [-0.25, -0.2) is 4.79 Å². The lowest BCUT2D eigenvalue weighted by Gasteiger charge is -2.59. The Balaban J connectivity index is 1.43. The first kappa shape index (κ1) is 19.3. The van der Waals surface area contributed by atoms with E-state index in [4.69, 9.17) is 5.73 Å². The van der Waals surface area contributed by atoms with Crippen molar-refractivity contribution < 1.29 is 9.59 Å². The van der Waals surface area contributed by atoms with Crippen LogP contribution < -0.4 is 16.4 Å². The lowest BCUT2D eigenvalue weighted by molar-refractivity contribution is -0.126. The normalized spacial score (nSPS) is 32.6. The van der Waals surface area contributed by atoms with Crippen LogP contribution in [0.3, 0.4) is 0 Å². The third-order valence-corrected chi connectivity index (χ3v) is 7.65. The van der Waals surface area contributed by atoms with Crippen LogP contribution in [0.15, 0.2) is 24.3 Å². The van der Waals surface area contributed by atoms with Gasteiger partial charge in [0.2, 0.25) is 5.91 Å². The van der Waals surface area contributed by atoms with Crippen LogP contribution in [0.25, 0.3) is 0 Å². The summed E-state index contributed by atoms with van der Waals surface area (Å²) in [6.45, 7) is 4.18. The number of urea groups is 1. The van der Waals surface area contributed by atoms with E-state index >= 15 is 0 Å². The fourth-order valence-corrected chi connectivity index (χ4v) is 6.74. The maximum absolute atomic E-state index is 12.9. The number of nitrogens with one attached hydrogen (secondary N) is 2. The second-order valence-electron chi connectivity index (χ2n) is 9.69. The summed E-state index contributed by atoms with van der Waals surface area (Å²) in [7, 11) is 0. The fraction of sp³-hybridized carbons (Fsp3) is 0.652. The number of nitrogens with two attached hydrogens (primary N) is 1. The van der Waals surface area contributed by atoms with Gasteiger partial charge in [0.25, 0.3) is 0 Å². The molecule has 4 aliphatic carbocycles. The zero-order valence-corrected chi connectivity index (χ0v) is 17.0. The van der Waals surface area contributed by atoms with Crippen LogP contribution in [0, 0.1) is 30.1 Å². The maximum atomic E-state index is 12.9.